The Morgan fingerprint density at radius 2 is 2.20 bits per heavy atom. The van der Waals surface area contributed by atoms with Crippen LogP contribution in [0.2, 0.25) is 0 Å². The molecule has 0 aromatic carbocycles. The standard InChI is InChI=1S/C3H5Cl2N5/c4-1-8-2(6)9-3(7)10(1)5/h3H,7H2,(H2,6,9). The van der Waals surface area contributed by atoms with Crippen molar-refractivity contribution in [3.05, 3.63) is 0 Å². The Kier molecular flexibility index (Phi) is 1.98. The van der Waals surface area contributed by atoms with Crippen LogP contribution in [0.4, 0.5) is 0 Å². The van der Waals surface area contributed by atoms with Crippen molar-refractivity contribution in [1.82, 2.24) is 4.42 Å². The monoisotopic (exact) mass is 181 g/mol. The molecule has 0 aliphatic carbocycles. The third-order valence-electron chi connectivity index (χ3n) is 0.880. The van der Waals surface area contributed by atoms with E-state index in [9.17, 15) is 0 Å². The van der Waals surface area contributed by atoms with E-state index in [1.807, 2.05) is 0 Å². The first-order valence-corrected chi connectivity index (χ1v) is 3.11. The summed E-state index contributed by atoms with van der Waals surface area (Å²) in [4.78, 5) is 7.15. The lowest BCUT2D eigenvalue weighted by molar-refractivity contribution is 0.492. The van der Waals surface area contributed by atoms with E-state index in [-0.39, 0.29) is 11.3 Å². The zero-order valence-electron chi connectivity index (χ0n) is 4.83. The van der Waals surface area contributed by atoms with Crippen molar-refractivity contribution in [2.75, 3.05) is 0 Å². The number of nitrogens with zero attached hydrogens (tertiary/aromatic N) is 3. The van der Waals surface area contributed by atoms with E-state index in [2.05, 4.69) is 9.98 Å². The lowest BCUT2D eigenvalue weighted by Gasteiger charge is -2.20. The van der Waals surface area contributed by atoms with Crippen molar-refractivity contribution in [1.29, 1.82) is 0 Å². The van der Waals surface area contributed by atoms with E-state index in [0.29, 0.717) is 0 Å². The second-order valence-electron chi connectivity index (χ2n) is 1.59. The SMILES string of the molecule is NC1=NC(N)N(Cl)C(Cl)=N1. The highest BCUT2D eigenvalue weighted by atomic mass is 35.5. The maximum Gasteiger partial charge on any atom is 0.221 e. The zero-order chi connectivity index (χ0) is 7.72. The van der Waals surface area contributed by atoms with Crippen LogP contribution in [-0.4, -0.2) is 22.0 Å². The molecule has 0 fully saturated rings. The van der Waals surface area contributed by atoms with Gasteiger partial charge < -0.3 is 5.73 Å². The molecular formula is C3H5Cl2N5. The van der Waals surface area contributed by atoms with Crippen molar-refractivity contribution in [3.63, 3.8) is 0 Å². The normalized spacial score (nSPS) is 25.9. The largest absolute Gasteiger partial charge is 0.368 e. The molecule has 7 heteroatoms. The first kappa shape index (κ1) is 7.59. The van der Waals surface area contributed by atoms with Crippen LogP contribution in [0.5, 0.6) is 0 Å². The minimum absolute atomic E-state index is 0.0293. The molecule has 1 unspecified atom stereocenters. The number of amidine groups is 1. The summed E-state index contributed by atoms with van der Waals surface area (Å²) in [6.45, 7) is 0. The number of guanidine groups is 1. The van der Waals surface area contributed by atoms with Gasteiger partial charge in [0.1, 0.15) is 0 Å². The summed E-state index contributed by atoms with van der Waals surface area (Å²) >= 11 is 10.9. The molecule has 0 amide bonds. The molecule has 0 spiro atoms. The molecule has 1 aliphatic rings. The van der Waals surface area contributed by atoms with E-state index in [4.69, 9.17) is 34.8 Å². The average Bonchev–Trinajstić information content (AvgIpc) is 1.82. The van der Waals surface area contributed by atoms with E-state index in [0.717, 1.165) is 4.42 Å². The summed E-state index contributed by atoms with van der Waals surface area (Å²) in [5, 5.41) is 0.0293. The van der Waals surface area contributed by atoms with Crippen LogP contribution in [0.3, 0.4) is 0 Å². The molecule has 1 atom stereocenters. The molecule has 0 aromatic heterocycles. The lowest BCUT2D eigenvalue weighted by atomic mass is 10.7. The summed E-state index contributed by atoms with van der Waals surface area (Å²) in [7, 11) is 0. The van der Waals surface area contributed by atoms with Crippen LogP contribution in [0.25, 0.3) is 0 Å². The fourth-order valence-electron chi connectivity index (χ4n) is 0.467. The topological polar surface area (TPSA) is 80.0 Å². The summed E-state index contributed by atoms with van der Waals surface area (Å²) in [6, 6.07) is 0. The zero-order valence-corrected chi connectivity index (χ0v) is 6.34. The number of nitrogens with two attached hydrogens (primary N) is 2. The Morgan fingerprint density at radius 1 is 1.60 bits per heavy atom. The smallest absolute Gasteiger partial charge is 0.221 e. The Hall–Kier alpha value is -0.520. The molecule has 1 aliphatic heterocycles. The highest BCUT2D eigenvalue weighted by Gasteiger charge is 2.18. The second-order valence-corrected chi connectivity index (χ2v) is 2.30. The van der Waals surface area contributed by atoms with Crippen molar-refractivity contribution >= 4 is 34.6 Å². The molecule has 0 bridgehead atoms. The van der Waals surface area contributed by atoms with Gasteiger partial charge in [-0.3, -0.25) is 5.73 Å². The van der Waals surface area contributed by atoms with Gasteiger partial charge in [0, 0.05) is 11.8 Å². The molecule has 0 radical (unpaired) electrons. The summed E-state index contributed by atoms with van der Waals surface area (Å²) < 4.78 is 0.984. The van der Waals surface area contributed by atoms with Gasteiger partial charge in [-0.15, -0.1) is 0 Å². The van der Waals surface area contributed by atoms with Crippen LogP contribution in [0, 0.1) is 0 Å². The van der Waals surface area contributed by atoms with Gasteiger partial charge in [0.05, 0.1) is 0 Å². The highest BCUT2D eigenvalue weighted by Crippen LogP contribution is 2.09. The van der Waals surface area contributed by atoms with E-state index in [1.165, 1.54) is 0 Å². The maximum absolute atomic E-state index is 5.47. The van der Waals surface area contributed by atoms with Gasteiger partial charge in [-0.05, 0) is 11.6 Å². The van der Waals surface area contributed by atoms with E-state index >= 15 is 0 Å². The van der Waals surface area contributed by atoms with Crippen LogP contribution >= 0.6 is 23.4 Å². The first-order valence-electron chi connectivity index (χ1n) is 2.39. The molecule has 10 heavy (non-hydrogen) atoms. The molecule has 5 nitrogen and oxygen atoms in total. The number of hydrogen-bond acceptors (Lipinski definition) is 5. The molecule has 4 N–H and O–H groups in total. The van der Waals surface area contributed by atoms with Gasteiger partial charge in [0.25, 0.3) is 0 Å². The fourth-order valence-corrected chi connectivity index (χ4v) is 0.735. The Labute approximate surface area is 67.4 Å². The van der Waals surface area contributed by atoms with E-state index in [1.54, 1.807) is 0 Å². The highest BCUT2D eigenvalue weighted by molar-refractivity contribution is 6.68. The van der Waals surface area contributed by atoms with Crippen molar-refractivity contribution in [3.8, 4) is 0 Å². The van der Waals surface area contributed by atoms with E-state index < -0.39 is 6.29 Å². The van der Waals surface area contributed by atoms with Crippen molar-refractivity contribution in [2.24, 2.45) is 21.5 Å². The molecule has 0 aromatic rings. The average molecular weight is 182 g/mol. The predicted molar refractivity (Wildman–Crippen MR) is 40.6 cm³/mol. The van der Waals surface area contributed by atoms with Gasteiger partial charge >= 0.3 is 0 Å². The number of rotatable bonds is 0. The Bertz CT molecular complexity index is 199. The number of aliphatic imine (C=N–C) groups is 2. The van der Waals surface area contributed by atoms with Gasteiger partial charge in [0.2, 0.25) is 11.3 Å². The fraction of sp³-hybridized carbons (Fsp3) is 0.333. The maximum atomic E-state index is 5.47. The summed E-state index contributed by atoms with van der Waals surface area (Å²) in [5.74, 6) is 0.0365. The Morgan fingerprint density at radius 3 is 2.70 bits per heavy atom. The van der Waals surface area contributed by atoms with Gasteiger partial charge in [-0.1, -0.05) is 0 Å². The minimum Gasteiger partial charge on any atom is -0.368 e. The first-order chi connectivity index (χ1) is 4.61. The number of halogens is 2. The third-order valence-corrected chi connectivity index (χ3v) is 1.59. The predicted octanol–water partition coefficient (Wildman–Crippen LogP) is -0.392. The van der Waals surface area contributed by atoms with Crippen LogP contribution in [0.1, 0.15) is 0 Å². The van der Waals surface area contributed by atoms with Crippen LogP contribution < -0.4 is 11.5 Å². The Balaban J connectivity index is 2.85. The third kappa shape index (κ3) is 1.31. The second kappa shape index (κ2) is 2.61. The molecule has 0 saturated carbocycles. The molecule has 1 rings (SSSR count). The minimum atomic E-state index is -0.744. The van der Waals surface area contributed by atoms with Crippen molar-refractivity contribution < 1.29 is 0 Å². The summed E-state index contributed by atoms with van der Waals surface area (Å²) in [5.41, 5.74) is 10.5. The summed E-state index contributed by atoms with van der Waals surface area (Å²) in [6.07, 6.45) is -0.744. The van der Waals surface area contributed by atoms with Gasteiger partial charge in [-0.2, -0.15) is 4.99 Å². The molecule has 56 valence electrons. The molecule has 0 saturated heterocycles. The van der Waals surface area contributed by atoms with Gasteiger partial charge in [-0.25, -0.2) is 9.41 Å². The number of hydrogen-bond donors (Lipinski definition) is 2. The van der Waals surface area contributed by atoms with Gasteiger partial charge in [0.15, 0.2) is 6.29 Å². The molecule has 1 heterocycles. The van der Waals surface area contributed by atoms with Crippen LogP contribution in [-0.2, 0) is 0 Å². The lowest BCUT2D eigenvalue weighted by Crippen LogP contribution is -2.41. The quantitative estimate of drug-likeness (QED) is 0.395. The molecular weight excluding hydrogens is 177 g/mol. The van der Waals surface area contributed by atoms with Crippen molar-refractivity contribution in [2.45, 2.75) is 6.29 Å². The van der Waals surface area contributed by atoms with Crippen LogP contribution in [0.15, 0.2) is 9.98 Å².